The molecule has 2 aromatic rings. The lowest BCUT2D eigenvalue weighted by Crippen LogP contribution is -2.49. The topological polar surface area (TPSA) is 33.5 Å². The van der Waals surface area contributed by atoms with Gasteiger partial charge in [-0.05, 0) is 81.8 Å². The van der Waals surface area contributed by atoms with Crippen molar-refractivity contribution in [2.24, 2.45) is 0 Å². The Morgan fingerprint density at radius 3 is 2.21 bits per heavy atom. The summed E-state index contributed by atoms with van der Waals surface area (Å²) in [5, 5.41) is 9.19. The first-order valence-corrected chi connectivity index (χ1v) is 12.8. The first-order chi connectivity index (χ1) is 16.0. The molecule has 4 nitrogen and oxygen atoms in total. The summed E-state index contributed by atoms with van der Waals surface area (Å²) in [7, 11) is 0. The lowest BCUT2D eigenvalue weighted by Gasteiger charge is -2.37. The highest BCUT2D eigenvalue weighted by atomic mass is 15.3. The van der Waals surface area contributed by atoms with Crippen LogP contribution in [0.2, 0.25) is 0 Å². The van der Waals surface area contributed by atoms with E-state index in [1.54, 1.807) is 0 Å². The molecule has 178 valence electrons. The second kappa shape index (κ2) is 12.8. The number of para-hydroxylation sites is 1. The summed E-state index contributed by atoms with van der Waals surface area (Å²) in [5.74, 6) is 0.595. The number of anilines is 1. The number of rotatable bonds is 11. The Kier molecular flexibility index (Phi) is 9.78. The molecule has 0 N–H and O–H groups in total. The molecule has 0 aliphatic carbocycles. The van der Waals surface area contributed by atoms with E-state index in [1.165, 1.54) is 56.8 Å². The Morgan fingerprint density at radius 1 is 0.970 bits per heavy atom. The Labute approximate surface area is 201 Å². The summed E-state index contributed by atoms with van der Waals surface area (Å²) in [4.78, 5) is 7.79. The van der Waals surface area contributed by atoms with Crippen molar-refractivity contribution in [1.82, 2.24) is 9.80 Å². The molecule has 0 bridgehead atoms. The average molecular weight is 447 g/mol. The normalized spacial score (nSPS) is 16.0. The molecule has 1 aliphatic heterocycles. The van der Waals surface area contributed by atoms with Gasteiger partial charge in [-0.2, -0.15) is 5.26 Å². The van der Waals surface area contributed by atoms with Gasteiger partial charge in [0.15, 0.2) is 0 Å². The van der Waals surface area contributed by atoms with Gasteiger partial charge in [-0.15, -0.1) is 0 Å². The maximum atomic E-state index is 9.19. The fraction of sp³-hybridized carbons (Fsp3) is 0.552. The van der Waals surface area contributed by atoms with E-state index in [4.69, 9.17) is 0 Å². The van der Waals surface area contributed by atoms with Crippen molar-refractivity contribution in [1.29, 1.82) is 5.26 Å². The lowest BCUT2D eigenvalue weighted by atomic mass is 9.90. The third-order valence-corrected chi connectivity index (χ3v) is 7.20. The largest absolute Gasteiger partial charge is 0.368 e. The number of nitrogens with zero attached hydrogens (tertiary/aromatic N) is 4. The third kappa shape index (κ3) is 7.32. The maximum Gasteiger partial charge on any atom is 0.0994 e. The van der Waals surface area contributed by atoms with E-state index in [9.17, 15) is 5.26 Å². The molecule has 1 saturated heterocycles. The fourth-order valence-electron chi connectivity index (χ4n) is 5.02. The summed E-state index contributed by atoms with van der Waals surface area (Å²) in [6.07, 6.45) is 3.63. The highest BCUT2D eigenvalue weighted by Gasteiger charge is 2.19. The standard InChI is InChI=1S/C29H42N4/c1-5-26(27-13-14-28(23-30)25(4)22-27)10-9-15-31-16-18-32(19-17-31)20-21-33(24(2)3)29-11-7-6-8-12-29/h6-8,11-14,22,24,26H,5,9-10,15-21H2,1-4H3. The van der Waals surface area contributed by atoms with Gasteiger partial charge in [0.1, 0.15) is 0 Å². The van der Waals surface area contributed by atoms with E-state index in [1.807, 2.05) is 6.07 Å². The van der Waals surface area contributed by atoms with Gasteiger partial charge < -0.3 is 9.80 Å². The van der Waals surface area contributed by atoms with Crippen LogP contribution < -0.4 is 4.90 Å². The van der Waals surface area contributed by atoms with Crippen LogP contribution in [0.15, 0.2) is 48.5 Å². The van der Waals surface area contributed by atoms with Gasteiger partial charge >= 0.3 is 0 Å². The quantitative estimate of drug-likeness (QED) is 0.445. The van der Waals surface area contributed by atoms with Crippen molar-refractivity contribution in [2.45, 2.75) is 58.9 Å². The molecule has 3 rings (SSSR count). The van der Waals surface area contributed by atoms with Crippen LogP contribution in [-0.2, 0) is 0 Å². The van der Waals surface area contributed by atoms with E-state index in [-0.39, 0.29) is 0 Å². The van der Waals surface area contributed by atoms with Crippen LogP contribution in [0.4, 0.5) is 5.69 Å². The zero-order valence-electron chi connectivity index (χ0n) is 21.1. The molecule has 0 aromatic heterocycles. The molecule has 0 radical (unpaired) electrons. The molecule has 0 saturated carbocycles. The van der Waals surface area contributed by atoms with Gasteiger partial charge in [0.2, 0.25) is 0 Å². The van der Waals surface area contributed by atoms with E-state index < -0.39 is 0 Å². The minimum absolute atomic E-state index is 0.514. The van der Waals surface area contributed by atoms with Gasteiger partial charge in [-0.25, -0.2) is 0 Å². The Hall–Kier alpha value is -2.35. The number of benzene rings is 2. The fourth-order valence-corrected chi connectivity index (χ4v) is 5.02. The number of nitriles is 1. The van der Waals surface area contributed by atoms with Crippen molar-refractivity contribution in [3.63, 3.8) is 0 Å². The lowest BCUT2D eigenvalue weighted by molar-refractivity contribution is 0.132. The molecule has 2 aromatic carbocycles. The van der Waals surface area contributed by atoms with Gasteiger partial charge in [0, 0.05) is 51.0 Å². The van der Waals surface area contributed by atoms with E-state index in [0.29, 0.717) is 12.0 Å². The van der Waals surface area contributed by atoms with Crippen molar-refractivity contribution in [3.8, 4) is 6.07 Å². The second-order valence-electron chi connectivity index (χ2n) is 9.74. The number of aryl methyl sites for hydroxylation is 1. The summed E-state index contributed by atoms with van der Waals surface area (Å²) in [5.41, 5.74) is 4.63. The molecule has 33 heavy (non-hydrogen) atoms. The highest BCUT2D eigenvalue weighted by Crippen LogP contribution is 2.26. The molecule has 0 amide bonds. The molecule has 1 atom stereocenters. The number of hydrogen-bond acceptors (Lipinski definition) is 4. The Morgan fingerprint density at radius 2 is 1.64 bits per heavy atom. The smallest absolute Gasteiger partial charge is 0.0994 e. The molecule has 0 spiro atoms. The van der Waals surface area contributed by atoms with Crippen LogP contribution in [0.25, 0.3) is 0 Å². The van der Waals surface area contributed by atoms with Crippen LogP contribution in [0.3, 0.4) is 0 Å². The SMILES string of the molecule is CCC(CCCN1CCN(CCN(c2ccccc2)C(C)C)CC1)c1ccc(C#N)c(C)c1. The second-order valence-corrected chi connectivity index (χ2v) is 9.74. The molecule has 1 fully saturated rings. The van der Waals surface area contributed by atoms with Crippen molar-refractivity contribution < 1.29 is 0 Å². The summed E-state index contributed by atoms with van der Waals surface area (Å²) < 4.78 is 0. The first-order valence-electron chi connectivity index (χ1n) is 12.8. The van der Waals surface area contributed by atoms with E-state index >= 15 is 0 Å². The minimum Gasteiger partial charge on any atom is -0.368 e. The molecular formula is C29H42N4. The van der Waals surface area contributed by atoms with Crippen LogP contribution in [-0.4, -0.2) is 61.7 Å². The highest BCUT2D eigenvalue weighted by molar-refractivity contribution is 5.46. The molecule has 1 aliphatic rings. The third-order valence-electron chi connectivity index (χ3n) is 7.20. The summed E-state index contributed by atoms with van der Waals surface area (Å²) >= 11 is 0. The Balaban J connectivity index is 1.39. The van der Waals surface area contributed by atoms with Crippen molar-refractivity contribution >= 4 is 5.69 Å². The number of hydrogen-bond donors (Lipinski definition) is 0. The minimum atomic E-state index is 0.514. The van der Waals surface area contributed by atoms with Gasteiger partial charge in [0.25, 0.3) is 0 Å². The number of piperazine rings is 1. The van der Waals surface area contributed by atoms with Crippen molar-refractivity contribution in [2.75, 3.05) is 50.7 Å². The monoisotopic (exact) mass is 446 g/mol. The van der Waals surface area contributed by atoms with Crippen LogP contribution in [0, 0.1) is 18.3 Å². The maximum absolute atomic E-state index is 9.19. The predicted molar refractivity (Wildman–Crippen MR) is 140 cm³/mol. The first kappa shape index (κ1) is 25.3. The molecule has 4 heteroatoms. The zero-order chi connectivity index (χ0) is 23.6. The average Bonchev–Trinajstić information content (AvgIpc) is 2.83. The molecular weight excluding hydrogens is 404 g/mol. The van der Waals surface area contributed by atoms with Crippen LogP contribution in [0.1, 0.15) is 62.6 Å². The summed E-state index contributed by atoms with van der Waals surface area (Å²) in [6.45, 7) is 17.0. The van der Waals surface area contributed by atoms with Crippen LogP contribution in [0.5, 0.6) is 0 Å². The van der Waals surface area contributed by atoms with Gasteiger partial charge in [0.05, 0.1) is 11.6 Å². The predicted octanol–water partition coefficient (Wildman–Crippen LogP) is 5.67. The van der Waals surface area contributed by atoms with Gasteiger partial charge in [-0.1, -0.05) is 37.3 Å². The zero-order valence-corrected chi connectivity index (χ0v) is 21.1. The Bertz CT molecular complexity index is 878. The molecule has 1 unspecified atom stereocenters. The summed E-state index contributed by atoms with van der Waals surface area (Å²) in [6, 6.07) is 20.0. The van der Waals surface area contributed by atoms with Crippen molar-refractivity contribution in [3.05, 3.63) is 65.2 Å². The van der Waals surface area contributed by atoms with E-state index in [0.717, 1.165) is 30.6 Å². The van der Waals surface area contributed by atoms with Crippen LogP contribution >= 0.6 is 0 Å². The molecule has 1 heterocycles. The van der Waals surface area contributed by atoms with E-state index in [2.05, 4.69) is 90.9 Å². The van der Waals surface area contributed by atoms with Gasteiger partial charge in [-0.3, -0.25) is 4.90 Å².